The number of aromatic nitrogens is 3. The predicted molar refractivity (Wildman–Crippen MR) is 75.2 cm³/mol. The van der Waals surface area contributed by atoms with Crippen LogP contribution in [0.4, 0.5) is 5.69 Å². The van der Waals surface area contributed by atoms with Crippen LogP contribution in [0.1, 0.15) is 10.5 Å². The topological polar surface area (TPSA) is 94.2 Å². The first-order chi connectivity index (χ1) is 9.97. The molecule has 0 fully saturated rings. The molecule has 2 aromatic rings. The second kappa shape index (κ2) is 5.95. The van der Waals surface area contributed by atoms with Gasteiger partial charge >= 0.3 is 0 Å². The predicted octanol–water partition coefficient (Wildman–Crippen LogP) is 1.43. The Labute approximate surface area is 120 Å². The van der Waals surface area contributed by atoms with Crippen LogP contribution >= 0.6 is 0 Å². The van der Waals surface area contributed by atoms with Crippen LogP contribution in [-0.2, 0) is 0 Å². The Hall–Kier alpha value is -3.03. The molecule has 0 aliphatic carbocycles. The third-order valence-corrected chi connectivity index (χ3v) is 2.59. The van der Waals surface area contributed by atoms with E-state index in [9.17, 15) is 14.9 Å². The molecular weight excluding hydrogens is 274 g/mol. The highest BCUT2D eigenvalue weighted by atomic mass is 16.6. The number of hydrogen-bond donors (Lipinski definition) is 0. The lowest BCUT2D eigenvalue weighted by atomic mass is 10.3. The highest BCUT2D eigenvalue weighted by Gasteiger charge is 2.10. The minimum Gasteiger partial charge on any atom is -0.383 e. The number of allylic oxidation sites excluding steroid dienone is 1. The number of rotatable bonds is 5. The van der Waals surface area contributed by atoms with Crippen LogP contribution in [0, 0.1) is 10.1 Å². The maximum absolute atomic E-state index is 11.8. The third kappa shape index (κ3) is 3.50. The number of nitro benzene ring substituents is 1. The van der Waals surface area contributed by atoms with Crippen molar-refractivity contribution in [2.24, 2.45) is 0 Å². The molecular formula is C13H13N5O3. The van der Waals surface area contributed by atoms with Crippen LogP contribution in [0.2, 0.25) is 0 Å². The first-order valence-corrected chi connectivity index (χ1v) is 6.03. The Morgan fingerprint density at radius 3 is 2.57 bits per heavy atom. The Bertz CT molecular complexity index is 688. The Kier molecular flexibility index (Phi) is 4.07. The smallest absolute Gasteiger partial charge is 0.269 e. The van der Waals surface area contributed by atoms with Gasteiger partial charge in [-0.25, -0.2) is 4.68 Å². The second-order valence-electron chi connectivity index (χ2n) is 4.47. The molecule has 108 valence electrons. The summed E-state index contributed by atoms with van der Waals surface area (Å²) < 4.78 is 1.39. The summed E-state index contributed by atoms with van der Waals surface area (Å²) in [7, 11) is 3.61. The molecule has 0 aliphatic rings. The molecule has 1 aromatic heterocycles. The highest BCUT2D eigenvalue weighted by Crippen LogP contribution is 2.14. The standard InChI is InChI=1S/C13H13N5O3/c1-16(2)8-7-13(19)12-9-17(15-14-12)10-3-5-11(6-4-10)18(20)21/h3-9H,1-2H3. The summed E-state index contributed by atoms with van der Waals surface area (Å²) in [5.41, 5.74) is 0.777. The van der Waals surface area contributed by atoms with E-state index in [4.69, 9.17) is 0 Å². The fraction of sp³-hybridized carbons (Fsp3) is 0.154. The number of nitro groups is 1. The first-order valence-electron chi connectivity index (χ1n) is 6.03. The summed E-state index contributed by atoms with van der Waals surface area (Å²) in [4.78, 5) is 23.7. The quantitative estimate of drug-likeness (QED) is 0.357. The maximum atomic E-state index is 11.8. The number of hydrogen-bond acceptors (Lipinski definition) is 6. The number of carbonyl (C=O) groups is 1. The molecule has 0 aliphatic heterocycles. The molecule has 0 saturated heterocycles. The zero-order valence-electron chi connectivity index (χ0n) is 11.5. The van der Waals surface area contributed by atoms with E-state index in [0.717, 1.165) is 0 Å². The maximum Gasteiger partial charge on any atom is 0.269 e. The van der Waals surface area contributed by atoms with Gasteiger partial charge in [0.1, 0.15) is 0 Å². The van der Waals surface area contributed by atoms with Gasteiger partial charge in [0, 0.05) is 38.5 Å². The van der Waals surface area contributed by atoms with Crippen molar-refractivity contribution in [2.45, 2.75) is 0 Å². The second-order valence-corrected chi connectivity index (χ2v) is 4.47. The van der Waals surface area contributed by atoms with Gasteiger partial charge in [-0.2, -0.15) is 0 Å². The summed E-state index contributed by atoms with van der Waals surface area (Å²) in [5.74, 6) is -0.267. The Balaban J connectivity index is 2.19. The van der Waals surface area contributed by atoms with E-state index < -0.39 is 4.92 Å². The van der Waals surface area contributed by atoms with E-state index in [1.54, 1.807) is 25.2 Å². The van der Waals surface area contributed by atoms with Gasteiger partial charge in [0.15, 0.2) is 5.69 Å². The van der Waals surface area contributed by atoms with Crippen molar-refractivity contribution in [2.75, 3.05) is 14.1 Å². The van der Waals surface area contributed by atoms with E-state index in [2.05, 4.69) is 10.3 Å². The minimum absolute atomic E-state index is 0.0101. The molecule has 1 aromatic carbocycles. The van der Waals surface area contributed by atoms with Crippen LogP contribution in [0.25, 0.3) is 5.69 Å². The lowest BCUT2D eigenvalue weighted by Crippen LogP contribution is -2.03. The molecule has 8 heteroatoms. The minimum atomic E-state index is -0.480. The molecule has 0 unspecified atom stereocenters. The highest BCUT2D eigenvalue weighted by molar-refractivity contribution is 6.02. The molecule has 0 atom stereocenters. The Morgan fingerprint density at radius 1 is 1.33 bits per heavy atom. The molecule has 1 heterocycles. The Morgan fingerprint density at radius 2 is 2.00 bits per heavy atom. The van der Waals surface area contributed by atoms with Crippen molar-refractivity contribution in [1.82, 2.24) is 19.9 Å². The zero-order valence-corrected chi connectivity index (χ0v) is 11.5. The van der Waals surface area contributed by atoms with E-state index in [1.165, 1.54) is 41.2 Å². The van der Waals surface area contributed by atoms with E-state index in [0.29, 0.717) is 5.69 Å². The van der Waals surface area contributed by atoms with Gasteiger partial charge in [0.2, 0.25) is 5.78 Å². The monoisotopic (exact) mass is 287 g/mol. The van der Waals surface area contributed by atoms with Crippen molar-refractivity contribution >= 4 is 11.5 Å². The SMILES string of the molecule is CN(C)C=CC(=O)c1cn(-c2ccc([N+](=O)[O-])cc2)nn1. The fourth-order valence-corrected chi connectivity index (χ4v) is 1.53. The van der Waals surface area contributed by atoms with Crippen LogP contribution in [0.3, 0.4) is 0 Å². The number of non-ortho nitro benzene ring substituents is 1. The number of carbonyl (C=O) groups excluding carboxylic acids is 1. The number of nitrogens with zero attached hydrogens (tertiary/aromatic N) is 5. The average molecular weight is 287 g/mol. The molecule has 21 heavy (non-hydrogen) atoms. The van der Waals surface area contributed by atoms with Crippen LogP contribution in [-0.4, -0.2) is 44.7 Å². The fourth-order valence-electron chi connectivity index (χ4n) is 1.53. The summed E-state index contributed by atoms with van der Waals surface area (Å²) in [6.07, 6.45) is 4.49. The van der Waals surface area contributed by atoms with Gasteiger partial charge in [-0.05, 0) is 12.1 Å². The lowest BCUT2D eigenvalue weighted by molar-refractivity contribution is -0.384. The van der Waals surface area contributed by atoms with Gasteiger partial charge in [-0.1, -0.05) is 5.21 Å². The van der Waals surface area contributed by atoms with Gasteiger partial charge in [-0.3, -0.25) is 14.9 Å². The van der Waals surface area contributed by atoms with Crippen molar-refractivity contribution in [3.05, 3.63) is 58.5 Å². The van der Waals surface area contributed by atoms with E-state index in [1.807, 2.05) is 0 Å². The summed E-state index contributed by atoms with van der Waals surface area (Å²) in [6.45, 7) is 0. The molecule has 0 radical (unpaired) electrons. The summed E-state index contributed by atoms with van der Waals surface area (Å²) in [6, 6.07) is 5.81. The summed E-state index contributed by atoms with van der Waals surface area (Å²) >= 11 is 0. The van der Waals surface area contributed by atoms with Crippen LogP contribution in [0.5, 0.6) is 0 Å². The lowest BCUT2D eigenvalue weighted by Gasteiger charge is -2.01. The molecule has 2 rings (SSSR count). The summed E-state index contributed by atoms with van der Waals surface area (Å²) in [5, 5.41) is 18.2. The van der Waals surface area contributed by atoms with Gasteiger partial charge in [0.25, 0.3) is 5.69 Å². The zero-order chi connectivity index (χ0) is 15.4. The van der Waals surface area contributed by atoms with Crippen molar-refractivity contribution in [1.29, 1.82) is 0 Å². The third-order valence-electron chi connectivity index (χ3n) is 2.59. The number of ketones is 1. The molecule has 0 amide bonds. The molecule has 0 N–H and O–H groups in total. The van der Waals surface area contributed by atoms with Gasteiger partial charge < -0.3 is 4.90 Å². The molecule has 8 nitrogen and oxygen atoms in total. The largest absolute Gasteiger partial charge is 0.383 e. The van der Waals surface area contributed by atoms with Gasteiger partial charge in [0.05, 0.1) is 16.8 Å². The number of benzene rings is 1. The average Bonchev–Trinajstić information content (AvgIpc) is 2.94. The normalized spacial score (nSPS) is 10.8. The van der Waals surface area contributed by atoms with E-state index in [-0.39, 0.29) is 17.2 Å². The molecule has 0 saturated carbocycles. The first kappa shape index (κ1) is 14.4. The van der Waals surface area contributed by atoms with Crippen LogP contribution < -0.4 is 0 Å². The van der Waals surface area contributed by atoms with Crippen molar-refractivity contribution in [3.8, 4) is 5.69 Å². The van der Waals surface area contributed by atoms with Crippen molar-refractivity contribution in [3.63, 3.8) is 0 Å². The molecule has 0 spiro atoms. The van der Waals surface area contributed by atoms with Crippen LogP contribution in [0.15, 0.2) is 42.7 Å². The van der Waals surface area contributed by atoms with Gasteiger partial charge in [-0.15, -0.1) is 5.10 Å². The molecule has 0 bridgehead atoms. The van der Waals surface area contributed by atoms with Crippen molar-refractivity contribution < 1.29 is 9.72 Å². The van der Waals surface area contributed by atoms with E-state index >= 15 is 0 Å².